The number of aryl methyl sites for hydroxylation is 2. The van der Waals surface area contributed by atoms with Gasteiger partial charge in [-0.05, 0) is 70.2 Å². The lowest BCUT2D eigenvalue weighted by Gasteiger charge is -2.24. The Hall–Kier alpha value is -3.52. The monoisotopic (exact) mass is 570 g/mol. The molecular formula is C27H38N8O4S. The zero-order valence-electron chi connectivity index (χ0n) is 23.4. The molecule has 1 unspecified atom stereocenters. The number of nitrogens with zero attached hydrogens (tertiary/aromatic N) is 4. The maximum Gasteiger partial charge on any atom is 0.320 e. The largest absolute Gasteiger partial charge is 0.356 e. The number of unbranched alkanes of at least 4 members (excludes halogenated alkanes) is 1. The van der Waals surface area contributed by atoms with Crippen molar-refractivity contribution in [1.82, 2.24) is 31.0 Å². The van der Waals surface area contributed by atoms with Crippen molar-refractivity contribution in [3.05, 3.63) is 58.2 Å². The van der Waals surface area contributed by atoms with Gasteiger partial charge in [0.25, 0.3) is 0 Å². The minimum absolute atomic E-state index is 0.174. The predicted molar refractivity (Wildman–Crippen MR) is 154 cm³/mol. The summed E-state index contributed by atoms with van der Waals surface area (Å²) in [5, 5.41) is 38.8. The molecule has 0 fully saturated rings. The van der Waals surface area contributed by atoms with E-state index in [1.54, 1.807) is 6.07 Å². The summed E-state index contributed by atoms with van der Waals surface area (Å²) in [6.45, 7) is 8.38. The highest BCUT2D eigenvalue weighted by molar-refractivity contribution is 7.15. The van der Waals surface area contributed by atoms with Gasteiger partial charge in [-0.1, -0.05) is 35.6 Å². The van der Waals surface area contributed by atoms with E-state index < -0.39 is 12.0 Å². The average Bonchev–Trinajstić information content (AvgIpc) is 3.32. The average molecular weight is 571 g/mol. The molecule has 40 heavy (non-hydrogen) atoms. The van der Waals surface area contributed by atoms with Crippen LogP contribution in [0, 0.1) is 0 Å². The van der Waals surface area contributed by atoms with Crippen LogP contribution >= 0.6 is 11.3 Å². The number of hydrogen-bond donors (Lipinski definition) is 5. The molecule has 2 heterocycles. The van der Waals surface area contributed by atoms with E-state index in [1.807, 2.05) is 58.0 Å². The number of nitrogens with one attached hydrogen (secondary N) is 4. The molecule has 1 atom stereocenters. The molecule has 0 spiro atoms. The maximum absolute atomic E-state index is 12.6. The number of carbonyl (C=O) groups excluding carboxylic acids is 2. The standard InChI is InChI=1S/C27H38N8O4S/c1-5-28-24(37)30-21-14-13-20(32-33-21)11-6-7-12-23-34-35-25(40-23)31-22(36)16-18-9-8-10-19(15-18)17-29-26(38)39-27(2,3)4/h8-10,13-15,26,29,38H,5-7,11-12,16-17H2,1-4H3,(H,31,35,36)(H2,28,30,33,37). The van der Waals surface area contributed by atoms with Crippen molar-refractivity contribution in [3.8, 4) is 0 Å². The Balaban J connectivity index is 1.37. The fourth-order valence-corrected chi connectivity index (χ4v) is 4.45. The van der Waals surface area contributed by atoms with Crippen molar-refractivity contribution in [3.63, 3.8) is 0 Å². The maximum atomic E-state index is 12.6. The Morgan fingerprint density at radius 1 is 1.00 bits per heavy atom. The summed E-state index contributed by atoms with van der Waals surface area (Å²) in [5.41, 5.74) is 2.16. The van der Waals surface area contributed by atoms with Gasteiger partial charge in [0, 0.05) is 19.5 Å². The van der Waals surface area contributed by atoms with Crippen LogP contribution in [0.15, 0.2) is 36.4 Å². The Labute approximate surface area is 238 Å². The van der Waals surface area contributed by atoms with E-state index in [9.17, 15) is 14.7 Å². The number of aliphatic hydroxyl groups is 1. The normalized spacial score (nSPS) is 12.1. The molecule has 0 bridgehead atoms. The van der Waals surface area contributed by atoms with Gasteiger partial charge in [0.2, 0.25) is 17.5 Å². The summed E-state index contributed by atoms with van der Waals surface area (Å²) in [4.78, 5) is 24.1. The molecule has 12 nitrogen and oxygen atoms in total. The summed E-state index contributed by atoms with van der Waals surface area (Å²) >= 11 is 1.37. The van der Waals surface area contributed by atoms with Crippen molar-refractivity contribution in [2.45, 2.75) is 78.4 Å². The molecule has 0 aliphatic rings. The first-order chi connectivity index (χ1) is 19.1. The number of amides is 3. The topological polar surface area (TPSA) is 163 Å². The first-order valence-corrected chi connectivity index (χ1v) is 14.1. The molecule has 1 aromatic carbocycles. The molecule has 13 heteroatoms. The Morgan fingerprint density at radius 3 is 2.50 bits per heavy atom. The van der Waals surface area contributed by atoms with Gasteiger partial charge in [0.1, 0.15) is 5.01 Å². The number of hydrogen-bond acceptors (Lipinski definition) is 10. The fraction of sp³-hybridized carbons (Fsp3) is 0.481. The first-order valence-electron chi connectivity index (χ1n) is 13.3. The number of aliphatic hydroxyl groups excluding tert-OH is 1. The lowest BCUT2D eigenvalue weighted by molar-refractivity contribution is -0.182. The highest BCUT2D eigenvalue weighted by atomic mass is 32.1. The van der Waals surface area contributed by atoms with Gasteiger partial charge in [0.05, 0.1) is 17.7 Å². The lowest BCUT2D eigenvalue weighted by atomic mass is 10.1. The van der Waals surface area contributed by atoms with Crippen LogP contribution in [0.25, 0.3) is 0 Å². The van der Waals surface area contributed by atoms with E-state index >= 15 is 0 Å². The number of urea groups is 1. The molecule has 2 aromatic heterocycles. The minimum Gasteiger partial charge on any atom is -0.356 e. The highest BCUT2D eigenvalue weighted by Gasteiger charge is 2.16. The zero-order valence-corrected chi connectivity index (χ0v) is 24.2. The molecule has 0 aliphatic carbocycles. The highest BCUT2D eigenvalue weighted by Crippen LogP contribution is 2.18. The van der Waals surface area contributed by atoms with E-state index in [1.165, 1.54) is 11.3 Å². The summed E-state index contributed by atoms with van der Waals surface area (Å²) < 4.78 is 5.44. The van der Waals surface area contributed by atoms with Crippen LogP contribution in [0.5, 0.6) is 0 Å². The summed E-state index contributed by atoms with van der Waals surface area (Å²) in [6, 6.07) is 10.9. The van der Waals surface area contributed by atoms with Crippen LogP contribution in [-0.2, 0) is 35.3 Å². The molecule has 0 aliphatic heterocycles. The second-order valence-electron chi connectivity index (χ2n) is 10.1. The van der Waals surface area contributed by atoms with Gasteiger partial charge in [-0.3, -0.25) is 15.4 Å². The third-order valence-electron chi connectivity index (χ3n) is 5.39. The van der Waals surface area contributed by atoms with Crippen LogP contribution in [0.3, 0.4) is 0 Å². The van der Waals surface area contributed by atoms with Gasteiger partial charge in [-0.15, -0.1) is 15.3 Å². The summed E-state index contributed by atoms with van der Waals surface area (Å²) in [7, 11) is 0. The SMILES string of the molecule is CCNC(=O)Nc1ccc(CCCCc2nnc(NC(=O)Cc3cccc(CNC(O)OC(C)(C)C)c3)s2)nn1. The van der Waals surface area contributed by atoms with Crippen molar-refractivity contribution in [2.24, 2.45) is 0 Å². The van der Waals surface area contributed by atoms with Gasteiger partial charge in [0.15, 0.2) is 5.82 Å². The predicted octanol–water partition coefficient (Wildman–Crippen LogP) is 3.40. The van der Waals surface area contributed by atoms with E-state index in [4.69, 9.17) is 4.74 Å². The van der Waals surface area contributed by atoms with Crippen LogP contribution in [0.2, 0.25) is 0 Å². The molecule has 3 aromatic rings. The smallest absolute Gasteiger partial charge is 0.320 e. The van der Waals surface area contributed by atoms with Gasteiger partial charge >= 0.3 is 6.03 Å². The van der Waals surface area contributed by atoms with Gasteiger partial charge in [-0.25, -0.2) is 4.79 Å². The van der Waals surface area contributed by atoms with Crippen LogP contribution in [0.4, 0.5) is 15.7 Å². The molecule has 0 saturated carbocycles. The molecule has 3 rings (SSSR count). The van der Waals surface area contributed by atoms with Crippen LogP contribution < -0.4 is 21.3 Å². The number of carbonyl (C=O) groups is 2. The fourth-order valence-electron chi connectivity index (χ4n) is 3.65. The van der Waals surface area contributed by atoms with Crippen LogP contribution in [-0.4, -0.2) is 56.0 Å². The molecule has 0 radical (unpaired) electrons. The van der Waals surface area contributed by atoms with E-state index in [0.29, 0.717) is 24.0 Å². The second-order valence-corrected chi connectivity index (χ2v) is 11.2. The van der Waals surface area contributed by atoms with E-state index in [0.717, 1.165) is 47.5 Å². The Kier molecular flexibility index (Phi) is 11.9. The lowest BCUT2D eigenvalue weighted by Crippen LogP contribution is -2.37. The van der Waals surface area contributed by atoms with Crippen molar-refractivity contribution >= 4 is 34.2 Å². The third-order valence-corrected chi connectivity index (χ3v) is 6.29. The Bertz CT molecular complexity index is 1230. The number of benzene rings is 1. The van der Waals surface area contributed by atoms with Gasteiger partial charge in [-0.2, -0.15) is 5.10 Å². The third kappa shape index (κ3) is 11.7. The van der Waals surface area contributed by atoms with Crippen molar-refractivity contribution in [2.75, 3.05) is 17.2 Å². The molecule has 5 N–H and O–H groups in total. The number of ether oxygens (including phenoxy) is 1. The number of anilines is 2. The van der Waals surface area contributed by atoms with Gasteiger partial charge < -0.3 is 20.5 Å². The number of aromatic nitrogens is 4. The molecule has 216 valence electrons. The van der Waals surface area contributed by atoms with Crippen LogP contribution in [0.1, 0.15) is 62.4 Å². The summed E-state index contributed by atoms with van der Waals surface area (Å²) in [5.74, 6) is 0.233. The molecule has 0 saturated heterocycles. The van der Waals surface area contributed by atoms with Crippen molar-refractivity contribution in [1.29, 1.82) is 0 Å². The molecular weight excluding hydrogens is 532 g/mol. The summed E-state index contributed by atoms with van der Waals surface area (Å²) in [6.07, 6.45) is 2.40. The Morgan fingerprint density at radius 2 is 1.77 bits per heavy atom. The first kappa shape index (κ1) is 31.0. The zero-order chi connectivity index (χ0) is 29.0. The van der Waals surface area contributed by atoms with E-state index in [-0.39, 0.29) is 18.4 Å². The molecule has 3 amide bonds. The van der Waals surface area contributed by atoms with Crippen molar-refractivity contribution < 1.29 is 19.4 Å². The quantitative estimate of drug-likeness (QED) is 0.144. The second kappa shape index (κ2) is 15.3. The van der Waals surface area contributed by atoms with E-state index in [2.05, 4.69) is 41.7 Å². The number of rotatable bonds is 14. The minimum atomic E-state index is -1.08.